The summed E-state index contributed by atoms with van der Waals surface area (Å²) in [5.74, 6) is -0.0332. The average Bonchev–Trinajstić information content (AvgIpc) is 3.51. The van der Waals surface area contributed by atoms with Gasteiger partial charge in [0.1, 0.15) is 23.8 Å². The summed E-state index contributed by atoms with van der Waals surface area (Å²) in [5.41, 5.74) is 4.21. The number of hydrogen-bond acceptors (Lipinski definition) is 7. The zero-order chi connectivity index (χ0) is 33.1. The highest BCUT2D eigenvalue weighted by Gasteiger charge is 2.45. The normalized spacial score (nSPS) is 18.9. The zero-order valence-corrected chi connectivity index (χ0v) is 28.0. The Labute approximate surface area is 283 Å². The minimum absolute atomic E-state index is 0.0369. The van der Waals surface area contributed by atoms with Crippen molar-refractivity contribution in [1.82, 2.24) is 15.5 Å². The van der Waals surface area contributed by atoms with Gasteiger partial charge in [-0.25, -0.2) is 0 Å². The van der Waals surface area contributed by atoms with Crippen molar-refractivity contribution < 1.29 is 24.2 Å². The van der Waals surface area contributed by atoms with E-state index < -0.39 is 6.04 Å². The molecule has 1 aromatic heterocycles. The molecule has 1 aliphatic heterocycles. The largest absolute Gasteiger partial charge is 0.510 e. The van der Waals surface area contributed by atoms with Crippen molar-refractivity contribution in [3.63, 3.8) is 0 Å². The van der Waals surface area contributed by atoms with Gasteiger partial charge in [0, 0.05) is 48.5 Å². The van der Waals surface area contributed by atoms with Gasteiger partial charge in [-0.15, -0.1) is 0 Å². The number of fused-ring (bicyclic) bond motifs is 1. The molecule has 0 spiro atoms. The number of hydrogen-bond donors (Lipinski definition) is 3. The minimum Gasteiger partial charge on any atom is -0.510 e. The number of carbonyl (C=O) groups is 3. The number of aliphatic hydroxyl groups is 1. The molecule has 2 heterocycles. The Balaban J connectivity index is 1.37. The molecule has 8 nitrogen and oxygen atoms in total. The third-order valence-electron chi connectivity index (χ3n) is 8.67. The van der Waals surface area contributed by atoms with Crippen molar-refractivity contribution in [3.05, 3.63) is 122 Å². The molecule has 244 valence electrons. The highest BCUT2D eigenvalue weighted by Crippen LogP contribution is 2.49. The van der Waals surface area contributed by atoms with Crippen LogP contribution in [0.3, 0.4) is 0 Å². The van der Waals surface area contributed by atoms with Gasteiger partial charge < -0.3 is 20.5 Å². The van der Waals surface area contributed by atoms with E-state index in [0.29, 0.717) is 71.4 Å². The monoisotopic (exact) mass is 671 g/mol. The molecule has 0 radical (unpaired) electrons. The maximum Gasteiger partial charge on any atom is 0.228 e. The lowest BCUT2D eigenvalue weighted by atomic mass is 9.73. The first-order valence-electron chi connectivity index (χ1n) is 15.8. The van der Waals surface area contributed by atoms with E-state index in [4.69, 9.17) is 16.3 Å². The van der Waals surface area contributed by atoms with Gasteiger partial charge in [-0.05, 0) is 63.9 Å². The molecular formula is C37H38ClN3O5S. The van der Waals surface area contributed by atoms with Crippen LogP contribution in [0.4, 0.5) is 0 Å². The van der Waals surface area contributed by atoms with Crippen LogP contribution >= 0.6 is 22.9 Å². The number of carbonyl (C=O) groups excluding carboxylic acids is 3. The van der Waals surface area contributed by atoms with Crippen LogP contribution in [-0.4, -0.2) is 27.6 Å². The second kappa shape index (κ2) is 13.8. The molecule has 2 aromatic carbocycles. The summed E-state index contributed by atoms with van der Waals surface area (Å²) in [4.78, 5) is 42.8. The number of aliphatic hydroxyl groups excluding tert-OH is 1. The average molecular weight is 672 g/mol. The molecule has 2 amide bonds. The molecule has 2 aliphatic carbocycles. The topological polar surface area (TPSA) is 108 Å². The first kappa shape index (κ1) is 32.6. The second-order valence-corrected chi connectivity index (χ2v) is 14.1. The number of ether oxygens (including phenoxy) is 1. The highest BCUT2D eigenvalue weighted by molar-refractivity contribution is 7.07. The van der Waals surface area contributed by atoms with Crippen LogP contribution in [0.25, 0.3) is 0 Å². The number of thiophene rings is 1. The fraction of sp³-hybridized carbons (Fsp3) is 0.324. The zero-order valence-electron chi connectivity index (χ0n) is 26.5. The number of ketones is 1. The van der Waals surface area contributed by atoms with E-state index in [-0.39, 0.29) is 48.0 Å². The SMILES string of the molecule is CC1(C)CC(=O)C2=C(C1)NC1=C(O)CCC=C1N(C(=O)CCC(=O)NCc1ccsc1)C2c1ccc(OCc2ccccc2)cc1Cl. The Morgan fingerprint density at radius 2 is 1.91 bits per heavy atom. The number of halogens is 1. The number of allylic oxidation sites excluding steroid dienone is 3. The molecule has 10 heteroatoms. The molecule has 1 atom stereocenters. The number of rotatable bonds is 9. The first-order valence-corrected chi connectivity index (χ1v) is 17.1. The third kappa shape index (κ3) is 7.31. The van der Waals surface area contributed by atoms with Gasteiger partial charge in [0.15, 0.2) is 5.78 Å². The smallest absolute Gasteiger partial charge is 0.228 e. The van der Waals surface area contributed by atoms with Crippen LogP contribution in [0, 0.1) is 5.41 Å². The van der Waals surface area contributed by atoms with Gasteiger partial charge in [-0.3, -0.25) is 19.3 Å². The number of nitrogens with one attached hydrogen (secondary N) is 2. The Morgan fingerprint density at radius 1 is 1.11 bits per heavy atom. The van der Waals surface area contributed by atoms with Crippen molar-refractivity contribution >= 4 is 40.5 Å². The molecule has 3 aliphatic rings. The molecule has 0 bridgehead atoms. The molecule has 0 saturated carbocycles. The van der Waals surface area contributed by atoms with Crippen LogP contribution in [0.15, 0.2) is 99.9 Å². The number of nitrogens with zero attached hydrogens (tertiary/aromatic N) is 1. The Bertz CT molecular complexity index is 1780. The van der Waals surface area contributed by atoms with Gasteiger partial charge >= 0.3 is 0 Å². The van der Waals surface area contributed by atoms with Crippen molar-refractivity contribution in [1.29, 1.82) is 0 Å². The maximum atomic E-state index is 14.4. The van der Waals surface area contributed by atoms with Gasteiger partial charge in [0.2, 0.25) is 11.8 Å². The minimum atomic E-state index is -0.882. The molecule has 0 saturated heterocycles. The molecular weight excluding hydrogens is 634 g/mol. The summed E-state index contributed by atoms with van der Waals surface area (Å²) in [5, 5.41) is 21.6. The molecule has 1 unspecified atom stereocenters. The van der Waals surface area contributed by atoms with E-state index in [9.17, 15) is 19.5 Å². The van der Waals surface area contributed by atoms with Crippen molar-refractivity contribution in [2.45, 2.75) is 71.6 Å². The molecule has 0 fully saturated rings. The van der Waals surface area contributed by atoms with Crippen LogP contribution in [0.5, 0.6) is 5.75 Å². The predicted molar refractivity (Wildman–Crippen MR) is 182 cm³/mol. The van der Waals surface area contributed by atoms with Crippen LogP contribution in [-0.2, 0) is 27.5 Å². The van der Waals surface area contributed by atoms with E-state index in [1.165, 1.54) is 0 Å². The standard InChI is InChI=1S/C37H38ClN3O5S/c1-37(2)18-28-34(31(43)19-37)36(26-12-11-25(17-27(26)38)46-21-23-7-4-3-5-8-23)41(29-9-6-10-30(42)35(29)40-28)33(45)14-13-32(44)39-20-24-15-16-47-22-24/h3-5,7-9,11-12,15-17,22,36,40,42H,6,10,13-14,18-21H2,1-2H3,(H,39,44). The van der Waals surface area contributed by atoms with Crippen molar-refractivity contribution in [3.8, 4) is 5.75 Å². The third-order valence-corrected chi connectivity index (χ3v) is 9.73. The maximum absolute atomic E-state index is 14.4. The summed E-state index contributed by atoms with van der Waals surface area (Å²) in [6, 6.07) is 16.2. The number of benzene rings is 2. The predicted octanol–water partition coefficient (Wildman–Crippen LogP) is 7.64. The van der Waals surface area contributed by atoms with Gasteiger partial charge in [-0.1, -0.05) is 67.9 Å². The lowest BCUT2D eigenvalue weighted by Crippen LogP contribution is -2.39. The second-order valence-electron chi connectivity index (χ2n) is 12.9. The van der Waals surface area contributed by atoms with Gasteiger partial charge in [0.05, 0.1) is 11.7 Å². The Kier molecular flexibility index (Phi) is 9.57. The number of Topliss-reactive ketones (excluding diaryl/α,β-unsaturated/α-hetero) is 1. The molecule has 47 heavy (non-hydrogen) atoms. The van der Waals surface area contributed by atoms with Crippen LogP contribution in [0.2, 0.25) is 5.02 Å². The van der Waals surface area contributed by atoms with Crippen molar-refractivity contribution in [2.75, 3.05) is 0 Å². The van der Waals surface area contributed by atoms with E-state index in [1.807, 2.05) is 67.1 Å². The summed E-state index contributed by atoms with van der Waals surface area (Å²) >= 11 is 8.56. The van der Waals surface area contributed by atoms with E-state index in [1.54, 1.807) is 34.4 Å². The number of amides is 2. The van der Waals surface area contributed by atoms with Crippen LogP contribution < -0.4 is 15.4 Å². The molecule has 3 N–H and O–H groups in total. The first-order chi connectivity index (χ1) is 22.6. The summed E-state index contributed by atoms with van der Waals surface area (Å²) in [6.07, 6.45) is 3.50. The summed E-state index contributed by atoms with van der Waals surface area (Å²) in [7, 11) is 0. The van der Waals surface area contributed by atoms with E-state index in [0.717, 1.165) is 11.1 Å². The van der Waals surface area contributed by atoms with Gasteiger partial charge in [0.25, 0.3) is 0 Å². The fourth-order valence-corrected chi connectivity index (χ4v) is 7.36. The Morgan fingerprint density at radius 3 is 2.66 bits per heavy atom. The van der Waals surface area contributed by atoms with Crippen molar-refractivity contribution in [2.24, 2.45) is 5.41 Å². The van der Waals surface area contributed by atoms with E-state index >= 15 is 0 Å². The fourth-order valence-electron chi connectivity index (χ4n) is 6.41. The lowest BCUT2D eigenvalue weighted by Gasteiger charge is -2.37. The molecule has 3 aromatic rings. The van der Waals surface area contributed by atoms with Crippen LogP contribution in [0.1, 0.15) is 75.1 Å². The Hall–Kier alpha value is -4.34. The summed E-state index contributed by atoms with van der Waals surface area (Å²) in [6.45, 7) is 4.80. The van der Waals surface area contributed by atoms with Gasteiger partial charge in [-0.2, -0.15) is 11.3 Å². The quantitative estimate of drug-likeness (QED) is 0.216. The summed E-state index contributed by atoms with van der Waals surface area (Å²) < 4.78 is 6.03. The molecule has 6 rings (SSSR count). The van der Waals surface area contributed by atoms with E-state index in [2.05, 4.69) is 10.6 Å². The highest BCUT2D eigenvalue weighted by atomic mass is 35.5. The lowest BCUT2D eigenvalue weighted by molar-refractivity contribution is -0.133.